The molecule has 1 heterocycles. The van der Waals surface area contributed by atoms with Crippen molar-refractivity contribution in [2.24, 2.45) is 5.92 Å². The molecule has 0 bridgehead atoms. The molecule has 24 heavy (non-hydrogen) atoms. The molecule has 1 saturated heterocycles. The molecular weight excluding hydrogens is 310 g/mol. The average molecular weight is 333 g/mol. The van der Waals surface area contributed by atoms with Crippen molar-refractivity contribution in [3.05, 3.63) is 29.8 Å². The molecule has 1 fully saturated rings. The van der Waals surface area contributed by atoms with Crippen LogP contribution in [0.3, 0.4) is 0 Å². The molecule has 2 amide bonds. The first-order valence-electron chi connectivity index (χ1n) is 7.83. The monoisotopic (exact) mass is 333 g/mol. The summed E-state index contributed by atoms with van der Waals surface area (Å²) in [6.07, 6.45) is 0.201. The molecule has 0 aliphatic carbocycles. The van der Waals surface area contributed by atoms with Crippen molar-refractivity contribution in [1.29, 1.82) is 0 Å². The SMILES string of the molecule is COC(=O)c1ccc(N2CC(C(=O)NCCN(C)C)CC2=O)cc1. The van der Waals surface area contributed by atoms with Gasteiger partial charge in [0.15, 0.2) is 0 Å². The van der Waals surface area contributed by atoms with Crippen LogP contribution in [0.4, 0.5) is 5.69 Å². The summed E-state index contributed by atoms with van der Waals surface area (Å²) in [5.41, 5.74) is 1.10. The highest BCUT2D eigenvalue weighted by atomic mass is 16.5. The first-order valence-corrected chi connectivity index (χ1v) is 7.83. The average Bonchev–Trinajstić information content (AvgIpc) is 2.96. The number of nitrogens with zero attached hydrogens (tertiary/aromatic N) is 2. The van der Waals surface area contributed by atoms with E-state index in [2.05, 4.69) is 10.1 Å². The second-order valence-corrected chi connectivity index (χ2v) is 6.04. The standard InChI is InChI=1S/C17H23N3O4/c1-19(2)9-8-18-16(22)13-10-15(21)20(11-13)14-6-4-12(5-7-14)17(23)24-3/h4-7,13H,8-11H2,1-3H3,(H,18,22). The molecule has 1 aliphatic heterocycles. The number of benzene rings is 1. The summed E-state index contributed by atoms with van der Waals surface area (Å²) in [6, 6.07) is 6.60. The zero-order valence-corrected chi connectivity index (χ0v) is 14.2. The minimum absolute atomic E-state index is 0.0893. The predicted octanol–water partition coefficient (Wildman–Crippen LogP) is 0.504. The molecule has 7 nitrogen and oxygen atoms in total. The molecule has 1 aromatic rings. The lowest BCUT2D eigenvalue weighted by atomic mass is 10.1. The number of carbonyl (C=O) groups excluding carboxylic acids is 3. The quantitative estimate of drug-likeness (QED) is 0.767. The van der Waals surface area contributed by atoms with E-state index in [1.807, 2.05) is 19.0 Å². The maximum Gasteiger partial charge on any atom is 0.337 e. The van der Waals surface area contributed by atoms with Crippen LogP contribution in [-0.2, 0) is 14.3 Å². The van der Waals surface area contributed by atoms with E-state index >= 15 is 0 Å². The van der Waals surface area contributed by atoms with Crippen LogP contribution < -0.4 is 10.2 Å². The van der Waals surface area contributed by atoms with Gasteiger partial charge in [0, 0.05) is 31.7 Å². The molecule has 0 aromatic heterocycles. The molecule has 130 valence electrons. The number of hydrogen-bond donors (Lipinski definition) is 1. The van der Waals surface area contributed by atoms with Crippen LogP contribution in [-0.4, -0.2) is 63.5 Å². The van der Waals surface area contributed by atoms with Crippen LogP contribution in [0, 0.1) is 5.92 Å². The normalized spacial score (nSPS) is 17.2. The van der Waals surface area contributed by atoms with E-state index in [0.717, 1.165) is 6.54 Å². The van der Waals surface area contributed by atoms with E-state index < -0.39 is 5.97 Å². The molecule has 1 N–H and O–H groups in total. The van der Waals surface area contributed by atoms with E-state index in [4.69, 9.17) is 0 Å². The van der Waals surface area contributed by atoms with Crippen molar-refractivity contribution >= 4 is 23.5 Å². The third kappa shape index (κ3) is 4.32. The minimum Gasteiger partial charge on any atom is -0.465 e. The third-order valence-electron chi connectivity index (χ3n) is 3.95. The lowest BCUT2D eigenvalue weighted by Gasteiger charge is -2.17. The van der Waals surface area contributed by atoms with Gasteiger partial charge in [-0.3, -0.25) is 9.59 Å². The van der Waals surface area contributed by atoms with Gasteiger partial charge in [0.2, 0.25) is 11.8 Å². The van der Waals surface area contributed by atoms with Crippen LogP contribution in [0.5, 0.6) is 0 Å². The number of carbonyl (C=O) groups is 3. The highest BCUT2D eigenvalue weighted by Crippen LogP contribution is 2.25. The Morgan fingerprint density at radius 2 is 1.96 bits per heavy atom. The van der Waals surface area contributed by atoms with Crippen molar-refractivity contribution in [1.82, 2.24) is 10.2 Å². The second-order valence-electron chi connectivity index (χ2n) is 6.04. The van der Waals surface area contributed by atoms with Crippen LogP contribution >= 0.6 is 0 Å². The molecule has 1 aliphatic rings. The molecule has 1 atom stereocenters. The Labute approximate surface area is 141 Å². The van der Waals surface area contributed by atoms with E-state index in [0.29, 0.717) is 24.3 Å². The lowest BCUT2D eigenvalue weighted by molar-refractivity contribution is -0.126. The van der Waals surface area contributed by atoms with Crippen LogP contribution in [0.2, 0.25) is 0 Å². The molecule has 0 radical (unpaired) electrons. The van der Waals surface area contributed by atoms with Gasteiger partial charge in [-0.05, 0) is 38.4 Å². The number of ether oxygens (including phenoxy) is 1. The Balaban J connectivity index is 1.96. The molecule has 1 unspecified atom stereocenters. The summed E-state index contributed by atoms with van der Waals surface area (Å²) in [5, 5.41) is 2.86. The van der Waals surface area contributed by atoms with Gasteiger partial charge in [0.25, 0.3) is 0 Å². The van der Waals surface area contributed by atoms with E-state index in [1.54, 1.807) is 29.2 Å². The van der Waals surface area contributed by atoms with Gasteiger partial charge in [0.1, 0.15) is 0 Å². The van der Waals surface area contributed by atoms with Crippen LogP contribution in [0.1, 0.15) is 16.8 Å². The van der Waals surface area contributed by atoms with Crippen LogP contribution in [0.15, 0.2) is 24.3 Å². The highest BCUT2D eigenvalue weighted by Gasteiger charge is 2.34. The van der Waals surface area contributed by atoms with Crippen molar-refractivity contribution in [3.63, 3.8) is 0 Å². The Kier molecular flexibility index (Phi) is 5.92. The Bertz CT molecular complexity index is 613. The molecule has 2 rings (SSSR count). The molecular formula is C17H23N3O4. The van der Waals surface area contributed by atoms with Gasteiger partial charge >= 0.3 is 5.97 Å². The van der Waals surface area contributed by atoms with Gasteiger partial charge in [0.05, 0.1) is 18.6 Å². The number of hydrogen-bond acceptors (Lipinski definition) is 5. The topological polar surface area (TPSA) is 79.0 Å². The minimum atomic E-state index is -0.424. The van der Waals surface area contributed by atoms with Gasteiger partial charge < -0.3 is 19.9 Å². The van der Waals surface area contributed by atoms with Crippen molar-refractivity contribution in [2.45, 2.75) is 6.42 Å². The second kappa shape index (κ2) is 7.92. The molecule has 1 aromatic carbocycles. The zero-order chi connectivity index (χ0) is 17.7. The van der Waals surface area contributed by atoms with E-state index in [9.17, 15) is 14.4 Å². The smallest absolute Gasteiger partial charge is 0.337 e. The van der Waals surface area contributed by atoms with E-state index in [1.165, 1.54) is 7.11 Å². The Morgan fingerprint density at radius 3 is 2.54 bits per heavy atom. The van der Waals surface area contributed by atoms with Crippen LogP contribution in [0.25, 0.3) is 0 Å². The van der Waals surface area contributed by atoms with Crippen molar-refractivity contribution < 1.29 is 19.1 Å². The number of amides is 2. The van der Waals surface area contributed by atoms with Gasteiger partial charge in [-0.15, -0.1) is 0 Å². The van der Waals surface area contributed by atoms with Gasteiger partial charge in [-0.2, -0.15) is 0 Å². The summed E-state index contributed by atoms with van der Waals surface area (Å²) in [7, 11) is 5.19. The number of rotatable bonds is 6. The fourth-order valence-electron chi connectivity index (χ4n) is 2.58. The molecule has 7 heteroatoms. The zero-order valence-electron chi connectivity index (χ0n) is 14.2. The molecule has 0 spiro atoms. The van der Waals surface area contributed by atoms with Gasteiger partial charge in [-0.1, -0.05) is 0 Å². The Morgan fingerprint density at radius 1 is 1.29 bits per heavy atom. The predicted molar refractivity (Wildman–Crippen MR) is 89.8 cm³/mol. The first kappa shape index (κ1) is 17.9. The number of nitrogens with one attached hydrogen (secondary N) is 1. The number of esters is 1. The summed E-state index contributed by atoms with van der Waals surface area (Å²) in [4.78, 5) is 39.4. The maximum absolute atomic E-state index is 12.2. The fourth-order valence-corrected chi connectivity index (χ4v) is 2.58. The highest BCUT2D eigenvalue weighted by molar-refractivity contribution is 6.00. The number of likely N-dealkylation sites (N-methyl/N-ethyl adjacent to an activating group) is 1. The lowest BCUT2D eigenvalue weighted by Crippen LogP contribution is -2.36. The largest absolute Gasteiger partial charge is 0.465 e. The third-order valence-corrected chi connectivity index (χ3v) is 3.95. The summed E-state index contributed by atoms with van der Waals surface area (Å²) in [5.74, 6) is -0.958. The first-order chi connectivity index (χ1) is 11.4. The van der Waals surface area contributed by atoms with Gasteiger partial charge in [-0.25, -0.2) is 4.79 Å². The fraction of sp³-hybridized carbons (Fsp3) is 0.471. The van der Waals surface area contributed by atoms with Crippen molar-refractivity contribution in [2.75, 3.05) is 45.7 Å². The van der Waals surface area contributed by atoms with E-state index in [-0.39, 0.29) is 24.2 Å². The summed E-state index contributed by atoms with van der Waals surface area (Å²) in [6.45, 7) is 1.67. The van der Waals surface area contributed by atoms with Crippen molar-refractivity contribution in [3.8, 4) is 0 Å². The summed E-state index contributed by atoms with van der Waals surface area (Å²) < 4.78 is 4.65. The Hall–Kier alpha value is -2.41. The number of methoxy groups -OCH3 is 1. The summed E-state index contributed by atoms with van der Waals surface area (Å²) >= 11 is 0. The molecule has 0 saturated carbocycles. The number of anilines is 1. The maximum atomic E-state index is 12.2.